The van der Waals surface area contributed by atoms with E-state index >= 15 is 0 Å². The van der Waals surface area contributed by atoms with Crippen LogP contribution in [0.15, 0.2) is 30.5 Å². The highest BCUT2D eigenvalue weighted by Gasteiger charge is 2.38. The number of hydrogen-bond donors (Lipinski definition) is 17. The number of rotatable bonds is 49. The molecule has 39 nitrogen and oxygen atoms in total. The topological polar surface area (TPSA) is 592 Å². The first kappa shape index (κ1) is 93.9. The SMILES string of the molecule is CC(C)(C)[SiH](c1ccc(C(=O)NC[C@H](C(=O)N[C@@H](CCCCNC(=O)CCC(=O)NCCC[C@H](NC(=O)CC[C@H](NC(=O)N[C@@H](CCC(=O)O)C(=O)O)C(=O)O)C(=O)O)C(=O)O)n2cc(CNC(=O)CCP(=O)(O)CN3CCN(CPCCC(=O)O)CCN(CP(=O)(O)CCC(=O)O)CC3)nn2)cc1)C(C)(C)C. The smallest absolute Gasteiger partial charge is 0.326 e. The van der Waals surface area contributed by atoms with E-state index in [4.69, 9.17) is 15.3 Å². The van der Waals surface area contributed by atoms with Crippen molar-refractivity contribution in [2.45, 2.75) is 178 Å². The van der Waals surface area contributed by atoms with E-state index < -0.39 is 194 Å². The fourth-order valence-electron chi connectivity index (χ4n) is 12.0. The number of carbonyl (C=O) groups is 14. The summed E-state index contributed by atoms with van der Waals surface area (Å²) < 4.78 is 27.9. The van der Waals surface area contributed by atoms with Crippen LogP contribution < -0.4 is 47.7 Å². The monoisotopic (exact) mass is 1600 g/mol. The number of hydrogen-bond acceptors (Lipinski definition) is 21. The number of nitrogens with one attached hydrogen (secondary N) is 8. The number of carboxylic acids is 7. The molecule has 108 heavy (non-hydrogen) atoms. The largest absolute Gasteiger partial charge is 0.481 e. The normalized spacial score (nSPS) is 15.9. The van der Waals surface area contributed by atoms with Crippen LogP contribution in [0.1, 0.15) is 154 Å². The number of carboxylic acid groups (broad SMARTS) is 7. The third kappa shape index (κ3) is 38.1. The van der Waals surface area contributed by atoms with Crippen molar-refractivity contribution >= 4 is 121 Å². The molecule has 3 rings (SSSR count). The standard InChI is InChI=1S/C65H107N14O25P3Si/c1-64(2,3)108(65(4,5)6)44-14-12-42(13-15-44)57(90)69-37-49(79-38-43(74-75-79)36-68-52(82)23-34-106(101,102)40-77-29-27-76(39-105-33-22-55(86)87)28-30-78(32-31-77)41-107(103,104)35-24-56(88)89)58(91)71-46(60(94)95)10-7-8-25-66-50(80)19-20-51(81)67-26-9-11-45(59(92)93)70-53(83)18-16-47(61(96)97)72-63(100)73-48(62(98)99)17-21-54(84)85/h12-15,38,45-49,105,108H,7-11,16-37,39-41H2,1-6H3,(H,66,80)(H,67,81)(H,68,82)(H,69,90)(H,70,83)(H,71,91)(H,84,85)(H,86,87)(H,88,89)(H,92,93)(H,94,95)(H,96,97)(H,98,99)(H,101,102)(H,103,104)(H2,72,73,100)/t45-,46-,47-,48-,49+/m0/s1. The average Bonchev–Trinajstić information content (AvgIpc) is 0.946. The van der Waals surface area contributed by atoms with Gasteiger partial charge in [-0.3, -0.25) is 67.0 Å². The Bertz CT molecular complexity index is 3490. The van der Waals surface area contributed by atoms with Crippen LogP contribution in [0.2, 0.25) is 10.1 Å². The van der Waals surface area contributed by atoms with Crippen molar-refractivity contribution in [3.63, 3.8) is 0 Å². The van der Waals surface area contributed by atoms with Gasteiger partial charge in [0.05, 0.1) is 40.5 Å². The summed E-state index contributed by atoms with van der Waals surface area (Å²) in [5, 5.41) is 94.2. The molecule has 1 fully saturated rings. The minimum Gasteiger partial charge on any atom is -0.481 e. The number of benzene rings is 1. The minimum absolute atomic E-state index is 0.00318. The molecule has 606 valence electrons. The van der Waals surface area contributed by atoms with E-state index in [2.05, 4.69) is 83.8 Å². The number of nitrogens with zero attached hydrogens (tertiary/aromatic N) is 6. The molecule has 8 amide bonds. The lowest BCUT2D eigenvalue weighted by atomic mass is 10.1. The Labute approximate surface area is 628 Å². The van der Waals surface area contributed by atoms with Crippen LogP contribution in [-0.4, -0.2) is 288 Å². The predicted octanol–water partition coefficient (Wildman–Crippen LogP) is 0.203. The summed E-state index contributed by atoms with van der Waals surface area (Å²) >= 11 is 0. The van der Waals surface area contributed by atoms with E-state index in [9.17, 15) is 106 Å². The van der Waals surface area contributed by atoms with Gasteiger partial charge >= 0.3 is 47.8 Å². The Hall–Kier alpha value is -8.35. The zero-order valence-corrected chi connectivity index (χ0v) is 65.6. The van der Waals surface area contributed by atoms with Crippen molar-refractivity contribution in [1.82, 2.24) is 72.2 Å². The molecule has 0 saturated carbocycles. The molecule has 0 aliphatic carbocycles. The second-order valence-electron chi connectivity index (χ2n) is 28.5. The number of unbranched alkanes of at least 4 members (excludes halogenated alkanes) is 1. The van der Waals surface area contributed by atoms with E-state index in [0.29, 0.717) is 38.6 Å². The zero-order valence-electron chi connectivity index (χ0n) is 61.7. The van der Waals surface area contributed by atoms with Gasteiger partial charge in [0, 0.05) is 122 Å². The number of aromatic nitrogens is 3. The van der Waals surface area contributed by atoms with E-state index in [0.717, 1.165) is 9.87 Å². The van der Waals surface area contributed by atoms with E-state index in [-0.39, 0.29) is 127 Å². The summed E-state index contributed by atoms with van der Waals surface area (Å²) in [6.07, 6.45) is -3.03. The molecule has 3 unspecified atom stereocenters. The highest BCUT2D eigenvalue weighted by atomic mass is 31.2. The first-order chi connectivity index (χ1) is 50.4. The molecular weight excluding hydrogens is 1500 g/mol. The molecule has 43 heteroatoms. The summed E-state index contributed by atoms with van der Waals surface area (Å²) in [4.78, 5) is 200. The Kier molecular flexibility index (Phi) is 40.2. The molecule has 2 heterocycles. The highest BCUT2D eigenvalue weighted by molar-refractivity contribution is 7.58. The number of urea groups is 1. The maximum absolute atomic E-state index is 14.2. The van der Waals surface area contributed by atoms with Gasteiger partial charge in [-0.25, -0.2) is 28.7 Å². The van der Waals surface area contributed by atoms with E-state index in [1.165, 1.54) is 6.20 Å². The van der Waals surface area contributed by atoms with Crippen molar-refractivity contribution < 1.29 is 122 Å². The zero-order chi connectivity index (χ0) is 81.1. The van der Waals surface area contributed by atoms with Crippen LogP contribution in [0.4, 0.5) is 4.79 Å². The molecule has 8 atom stereocenters. The summed E-state index contributed by atoms with van der Waals surface area (Å²) in [5.74, 6) is -13.7. The predicted molar refractivity (Wildman–Crippen MR) is 395 cm³/mol. The number of aliphatic carboxylic acids is 7. The molecule has 0 spiro atoms. The van der Waals surface area contributed by atoms with Crippen molar-refractivity contribution in [2.75, 3.05) is 96.2 Å². The third-order valence-corrected chi connectivity index (χ3v) is 26.5. The van der Waals surface area contributed by atoms with Crippen molar-refractivity contribution in [3.05, 3.63) is 41.7 Å². The Morgan fingerprint density at radius 2 is 0.963 bits per heavy atom. The van der Waals surface area contributed by atoms with Crippen LogP contribution in [0.3, 0.4) is 0 Å². The molecule has 1 aliphatic heterocycles. The lowest BCUT2D eigenvalue weighted by Crippen LogP contribution is -2.51. The van der Waals surface area contributed by atoms with Gasteiger partial charge in [0.2, 0.25) is 44.3 Å². The van der Waals surface area contributed by atoms with Crippen LogP contribution in [-0.2, 0) is 73.2 Å². The summed E-state index contributed by atoms with van der Waals surface area (Å²) in [5.41, 5.74) is 0.379. The molecule has 1 aromatic heterocycles. The van der Waals surface area contributed by atoms with Crippen molar-refractivity contribution in [2.24, 2.45) is 0 Å². The lowest BCUT2D eigenvalue weighted by molar-refractivity contribution is -0.143. The average molecular weight is 1610 g/mol. The van der Waals surface area contributed by atoms with Gasteiger partial charge in [0.15, 0.2) is 0 Å². The van der Waals surface area contributed by atoms with Crippen LogP contribution >= 0.6 is 23.3 Å². The summed E-state index contributed by atoms with van der Waals surface area (Å²) in [6, 6.07) is -1.86. The van der Waals surface area contributed by atoms with Crippen LogP contribution in [0, 0.1) is 0 Å². The first-order valence-corrected chi connectivity index (χ1v) is 42.5. The number of amides is 8. The van der Waals surface area contributed by atoms with Crippen LogP contribution in [0.25, 0.3) is 0 Å². The maximum atomic E-state index is 14.2. The van der Waals surface area contributed by atoms with E-state index in [1.807, 2.05) is 27.7 Å². The fourth-order valence-corrected chi connectivity index (χ4v) is 21.6. The minimum atomic E-state index is -4.07. The second kappa shape index (κ2) is 46.2. The second-order valence-corrected chi connectivity index (χ2v) is 39.7. The fraction of sp³-hybridized carbons (Fsp3) is 0.662. The highest BCUT2D eigenvalue weighted by Crippen LogP contribution is 2.44. The lowest BCUT2D eigenvalue weighted by Gasteiger charge is -2.39. The maximum Gasteiger partial charge on any atom is 0.326 e. The van der Waals surface area contributed by atoms with Gasteiger partial charge in [0.1, 0.15) is 35.9 Å². The van der Waals surface area contributed by atoms with Gasteiger partial charge in [0.25, 0.3) is 5.91 Å². The molecule has 17 N–H and O–H groups in total. The van der Waals surface area contributed by atoms with Gasteiger partial charge in [-0.1, -0.05) is 64.1 Å². The Balaban J connectivity index is 1.61. The molecular formula is C65H107N14O25P3Si. The number of carbonyl (C=O) groups excluding carboxylic acids is 7. The summed E-state index contributed by atoms with van der Waals surface area (Å²) in [6.45, 7) is 14.2. The first-order valence-electron chi connectivity index (χ1n) is 35.3. The van der Waals surface area contributed by atoms with Gasteiger partial charge < -0.3 is 88.1 Å². The molecule has 2 aromatic rings. The van der Waals surface area contributed by atoms with E-state index in [1.54, 1.807) is 21.9 Å². The molecule has 1 aliphatic rings. The molecule has 0 radical (unpaired) electrons. The van der Waals surface area contributed by atoms with Crippen LogP contribution in [0.5, 0.6) is 0 Å². The molecule has 1 aromatic carbocycles. The third-order valence-electron chi connectivity index (χ3n) is 17.2. The molecule has 1 saturated heterocycles. The van der Waals surface area contributed by atoms with Crippen molar-refractivity contribution in [1.29, 1.82) is 0 Å². The van der Waals surface area contributed by atoms with Crippen molar-refractivity contribution in [3.8, 4) is 0 Å². The molecule has 0 bridgehead atoms. The van der Waals surface area contributed by atoms with Gasteiger partial charge in [-0.05, 0) is 73.3 Å². The summed E-state index contributed by atoms with van der Waals surface area (Å²) in [7, 11) is -9.38. The quantitative estimate of drug-likeness (QED) is 0.0239. The van der Waals surface area contributed by atoms with Gasteiger partial charge in [-0.15, -0.1) is 13.7 Å². The van der Waals surface area contributed by atoms with Gasteiger partial charge in [-0.2, -0.15) is 0 Å². The Morgan fingerprint density at radius 3 is 1.46 bits per heavy atom. The Morgan fingerprint density at radius 1 is 0.509 bits per heavy atom.